The van der Waals surface area contributed by atoms with E-state index in [1.807, 2.05) is 12.3 Å². The van der Waals surface area contributed by atoms with Gasteiger partial charge in [-0.15, -0.1) is 0 Å². The Labute approximate surface area is 84.2 Å². The summed E-state index contributed by atoms with van der Waals surface area (Å²) in [5.41, 5.74) is 1.26. The molecule has 1 aromatic heterocycles. The lowest BCUT2D eigenvalue weighted by molar-refractivity contribution is 0.0629. The molecule has 0 unspecified atom stereocenters. The molecule has 1 aliphatic rings. The second-order valence-corrected chi connectivity index (χ2v) is 3.89. The number of nitrogens with one attached hydrogen (secondary N) is 1. The van der Waals surface area contributed by atoms with E-state index in [4.69, 9.17) is 5.11 Å². The van der Waals surface area contributed by atoms with Crippen molar-refractivity contribution in [2.75, 3.05) is 6.54 Å². The molecule has 0 spiro atoms. The molecule has 1 aliphatic carbocycles. The predicted molar refractivity (Wildman–Crippen MR) is 55.0 cm³/mol. The predicted octanol–water partition coefficient (Wildman–Crippen LogP) is 0.737. The molecule has 1 saturated carbocycles. The lowest BCUT2D eigenvalue weighted by atomic mass is 9.89. The van der Waals surface area contributed by atoms with E-state index in [1.165, 1.54) is 5.56 Å². The van der Waals surface area contributed by atoms with Gasteiger partial charge in [-0.05, 0) is 37.4 Å². The molecule has 2 rings (SSSR count). The van der Waals surface area contributed by atoms with E-state index in [1.54, 1.807) is 6.20 Å². The lowest BCUT2D eigenvalue weighted by Crippen LogP contribution is -2.44. The molecule has 0 amide bonds. The third kappa shape index (κ3) is 2.53. The number of aliphatic hydroxyl groups is 1. The summed E-state index contributed by atoms with van der Waals surface area (Å²) in [6, 6.07) is 4.58. The van der Waals surface area contributed by atoms with Crippen molar-refractivity contribution in [1.29, 1.82) is 0 Å². The largest absolute Gasteiger partial charge is 0.393 e. The fourth-order valence-corrected chi connectivity index (χ4v) is 1.72. The highest BCUT2D eigenvalue weighted by atomic mass is 16.3. The second-order valence-electron chi connectivity index (χ2n) is 3.89. The maximum atomic E-state index is 9.08. The van der Waals surface area contributed by atoms with Gasteiger partial charge < -0.3 is 10.4 Å². The molecule has 0 radical (unpaired) electrons. The van der Waals surface area contributed by atoms with Gasteiger partial charge >= 0.3 is 0 Å². The van der Waals surface area contributed by atoms with Crippen LogP contribution in [0.15, 0.2) is 24.5 Å². The number of aromatic nitrogens is 1. The van der Waals surface area contributed by atoms with Crippen molar-refractivity contribution in [3.63, 3.8) is 0 Å². The number of hydrogen-bond acceptors (Lipinski definition) is 3. The Kier molecular flexibility index (Phi) is 3.11. The van der Waals surface area contributed by atoms with Crippen LogP contribution in [0.1, 0.15) is 18.4 Å². The van der Waals surface area contributed by atoms with E-state index in [0.29, 0.717) is 6.04 Å². The highest BCUT2D eigenvalue weighted by Crippen LogP contribution is 2.18. The Morgan fingerprint density at radius 3 is 3.00 bits per heavy atom. The van der Waals surface area contributed by atoms with Crippen LogP contribution in [0.25, 0.3) is 0 Å². The molecule has 1 fully saturated rings. The number of nitrogens with zero attached hydrogens (tertiary/aromatic N) is 1. The Morgan fingerprint density at radius 1 is 1.50 bits per heavy atom. The van der Waals surface area contributed by atoms with E-state index >= 15 is 0 Å². The maximum Gasteiger partial charge on any atom is 0.0570 e. The van der Waals surface area contributed by atoms with Gasteiger partial charge in [-0.1, -0.05) is 6.07 Å². The summed E-state index contributed by atoms with van der Waals surface area (Å²) in [7, 11) is 0. The molecule has 0 bridgehead atoms. The Hall–Kier alpha value is -0.930. The van der Waals surface area contributed by atoms with Gasteiger partial charge in [-0.25, -0.2) is 0 Å². The van der Waals surface area contributed by atoms with E-state index in [2.05, 4.69) is 16.4 Å². The van der Waals surface area contributed by atoms with Crippen LogP contribution in [0, 0.1) is 0 Å². The average Bonchev–Trinajstić information content (AvgIpc) is 2.17. The van der Waals surface area contributed by atoms with Gasteiger partial charge in [0.05, 0.1) is 6.10 Å². The maximum absolute atomic E-state index is 9.08. The fraction of sp³-hybridized carbons (Fsp3) is 0.545. The first-order chi connectivity index (χ1) is 6.84. The zero-order chi connectivity index (χ0) is 9.80. The first-order valence-corrected chi connectivity index (χ1v) is 5.15. The molecule has 76 valence electrons. The Morgan fingerprint density at radius 2 is 2.36 bits per heavy atom. The quantitative estimate of drug-likeness (QED) is 0.739. The smallest absolute Gasteiger partial charge is 0.0570 e. The highest BCUT2D eigenvalue weighted by Gasteiger charge is 2.25. The van der Waals surface area contributed by atoms with Gasteiger partial charge in [0.15, 0.2) is 0 Å². The number of pyridine rings is 1. The van der Waals surface area contributed by atoms with Crippen molar-refractivity contribution in [2.45, 2.75) is 31.4 Å². The normalized spacial score (nSPS) is 25.8. The van der Waals surface area contributed by atoms with Gasteiger partial charge in [0.25, 0.3) is 0 Å². The summed E-state index contributed by atoms with van der Waals surface area (Å²) in [6.45, 7) is 0.975. The van der Waals surface area contributed by atoms with Crippen LogP contribution in [-0.4, -0.2) is 28.8 Å². The van der Waals surface area contributed by atoms with Crippen molar-refractivity contribution < 1.29 is 5.11 Å². The van der Waals surface area contributed by atoms with Gasteiger partial charge in [0.1, 0.15) is 0 Å². The zero-order valence-electron chi connectivity index (χ0n) is 8.19. The molecular weight excluding hydrogens is 176 g/mol. The van der Waals surface area contributed by atoms with Gasteiger partial charge in [0.2, 0.25) is 0 Å². The van der Waals surface area contributed by atoms with E-state index < -0.39 is 0 Å². The molecule has 1 aromatic rings. The molecule has 1 heterocycles. The van der Waals surface area contributed by atoms with Crippen molar-refractivity contribution >= 4 is 0 Å². The first kappa shape index (κ1) is 9.62. The molecule has 0 saturated heterocycles. The third-order valence-electron chi connectivity index (χ3n) is 2.68. The minimum absolute atomic E-state index is 0.0640. The van der Waals surface area contributed by atoms with Crippen LogP contribution in [-0.2, 0) is 6.42 Å². The molecule has 0 aliphatic heterocycles. The van der Waals surface area contributed by atoms with Gasteiger partial charge in [-0.3, -0.25) is 4.98 Å². The van der Waals surface area contributed by atoms with Crippen molar-refractivity contribution in [3.8, 4) is 0 Å². The topological polar surface area (TPSA) is 45.1 Å². The van der Waals surface area contributed by atoms with E-state index in [0.717, 1.165) is 25.8 Å². The van der Waals surface area contributed by atoms with E-state index in [9.17, 15) is 0 Å². The van der Waals surface area contributed by atoms with E-state index in [-0.39, 0.29) is 6.10 Å². The number of rotatable bonds is 4. The molecule has 0 aromatic carbocycles. The summed E-state index contributed by atoms with van der Waals surface area (Å²) in [5.74, 6) is 0. The first-order valence-electron chi connectivity index (χ1n) is 5.15. The highest BCUT2D eigenvalue weighted by molar-refractivity contribution is 5.08. The van der Waals surface area contributed by atoms with Crippen LogP contribution in [0.4, 0.5) is 0 Å². The molecule has 3 heteroatoms. The van der Waals surface area contributed by atoms with Crippen molar-refractivity contribution in [3.05, 3.63) is 30.1 Å². The molecule has 3 nitrogen and oxygen atoms in total. The standard InChI is InChI=1S/C11H16N2O/c14-11-6-10(7-11)13-5-3-9-2-1-4-12-8-9/h1-2,4,8,10-11,13-14H,3,5-7H2. The van der Waals surface area contributed by atoms with Crippen LogP contribution < -0.4 is 5.32 Å². The third-order valence-corrected chi connectivity index (χ3v) is 2.68. The fourth-order valence-electron chi connectivity index (χ4n) is 1.72. The summed E-state index contributed by atoms with van der Waals surface area (Å²) < 4.78 is 0. The Bertz CT molecular complexity index is 270. The summed E-state index contributed by atoms with van der Waals surface area (Å²) >= 11 is 0. The van der Waals surface area contributed by atoms with Crippen LogP contribution in [0.2, 0.25) is 0 Å². The second kappa shape index (κ2) is 4.53. The Balaban J connectivity index is 1.64. The monoisotopic (exact) mass is 192 g/mol. The zero-order valence-corrected chi connectivity index (χ0v) is 8.19. The summed E-state index contributed by atoms with van der Waals surface area (Å²) in [6.07, 6.45) is 6.46. The number of aliphatic hydroxyl groups excluding tert-OH is 1. The van der Waals surface area contributed by atoms with Gasteiger partial charge in [-0.2, -0.15) is 0 Å². The molecular formula is C11H16N2O. The molecule has 14 heavy (non-hydrogen) atoms. The van der Waals surface area contributed by atoms with Crippen LogP contribution in [0.3, 0.4) is 0 Å². The summed E-state index contributed by atoms with van der Waals surface area (Å²) in [5, 5.41) is 12.5. The minimum Gasteiger partial charge on any atom is -0.393 e. The van der Waals surface area contributed by atoms with Crippen LogP contribution >= 0.6 is 0 Å². The van der Waals surface area contributed by atoms with Crippen molar-refractivity contribution in [2.24, 2.45) is 0 Å². The van der Waals surface area contributed by atoms with Crippen molar-refractivity contribution in [1.82, 2.24) is 10.3 Å². The lowest BCUT2D eigenvalue weighted by Gasteiger charge is -2.32. The van der Waals surface area contributed by atoms with Crippen LogP contribution in [0.5, 0.6) is 0 Å². The minimum atomic E-state index is -0.0640. The number of hydrogen-bond donors (Lipinski definition) is 2. The van der Waals surface area contributed by atoms with Gasteiger partial charge in [0, 0.05) is 18.4 Å². The average molecular weight is 192 g/mol. The summed E-state index contributed by atoms with van der Waals surface area (Å²) in [4.78, 5) is 4.06. The molecule has 0 atom stereocenters. The SMILES string of the molecule is OC1CC(NCCc2cccnc2)C1. The molecule has 2 N–H and O–H groups in total.